The first-order valence-electron chi connectivity index (χ1n) is 4.83. The summed E-state index contributed by atoms with van der Waals surface area (Å²) >= 11 is 25.4. The Labute approximate surface area is 137 Å². The maximum absolute atomic E-state index is 4.96. The monoisotopic (exact) mass is 436 g/mol. The van der Waals surface area contributed by atoms with E-state index in [0.29, 0.717) is 0 Å². The zero-order valence-electron chi connectivity index (χ0n) is 9.99. The van der Waals surface area contributed by atoms with E-state index in [4.69, 9.17) is 45.8 Å². The minimum Gasteiger partial charge on any atom is -0.327 e. The van der Waals surface area contributed by atoms with Gasteiger partial charge in [0.15, 0.2) is 0 Å². The molecule has 0 aliphatic rings. The van der Waals surface area contributed by atoms with Crippen molar-refractivity contribution in [3.63, 3.8) is 0 Å². The van der Waals surface area contributed by atoms with Crippen molar-refractivity contribution in [1.29, 1.82) is 0 Å². The summed E-state index contributed by atoms with van der Waals surface area (Å²) in [6.07, 6.45) is 0. The summed E-state index contributed by atoms with van der Waals surface area (Å²) in [6.45, 7) is 10.5. The molecule has 0 aliphatic heterocycles. The Morgan fingerprint density at radius 2 is 0.938 bits per heavy atom. The van der Waals surface area contributed by atoms with Crippen molar-refractivity contribution in [1.82, 2.24) is 0 Å². The fourth-order valence-electron chi connectivity index (χ4n) is 0.671. The first-order valence-corrected chi connectivity index (χ1v) is 8.40. The van der Waals surface area contributed by atoms with Crippen LogP contribution >= 0.6 is 77.4 Å². The second kappa shape index (κ2) is 15.3. The number of nitrogens with zero attached hydrogens (tertiary/aromatic N) is 1. The van der Waals surface area contributed by atoms with Crippen LogP contribution in [0.2, 0.25) is 0 Å². The molecule has 0 aromatic heterocycles. The molecule has 0 aliphatic carbocycles. The van der Waals surface area contributed by atoms with Crippen molar-refractivity contribution >= 4 is 86.1 Å². The van der Waals surface area contributed by atoms with E-state index in [-0.39, 0.29) is 0 Å². The first kappa shape index (κ1) is 23.3. The summed E-state index contributed by atoms with van der Waals surface area (Å²) in [5.41, 5.74) is 0. The fraction of sp³-hybridized carbons (Fsp3) is 1.00. The minimum absolute atomic E-state index is 0.410. The lowest BCUT2D eigenvalue weighted by molar-refractivity contribution is -0.904. The van der Waals surface area contributed by atoms with E-state index in [2.05, 4.69) is 59.3 Å². The SMILES string of the molecule is CC[N+](C)(CC)CC.ClB(Cl)Br.ClB(Cl)Br. The van der Waals surface area contributed by atoms with Crippen LogP contribution in [0, 0.1) is 0 Å². The standard InChI is InChI=1S/C7H18N.2BBrCl2/c1-5-8(4,6-2)7-3;2*2-1(3)4/h5-7H2,1-4H3;;/q+1;;. The number of hydrogen-bond acceptors (Lipinski definition) is 0. The molecule has 0 radical (unpaired) electrons. The molecule has 0 spiro atoms. The average Bonchev–Trinajstić information content (AvgIpc) is 2.15. The van der Waals surface area contributed by atoms with Crippen LogP contribution in [0.1, 0.15) is 20.8 Å². The van der Waals surface area contributed by atoms with Gasteiger partial charge in [0.05, 0.1) is 26.7 Å². The van der Waals surface area contributed by atoms with Gasteiger partial charge in [0.25, 0.3) is 0 Å². The number of rotatable bonds is 3. The van der Waals surface area contributed by atoms with Gasteiger partial charge in [-0.15, -0.1) is 31.5 Å². The highest BCUT2D eigenvalue weighted by Crippen LogP contribution is 2.01. The fourth-order valence-corrected chi connectivity index (χ4v) is 0.671. The Balaban J connectivity index is -0.000000179. The summed E-state index contributed by atoms with van der Waals surface area (Å²) in [6, 6.07) is 0. The lowest BCUT2D eigenvalue weighted by Gasteiger charge is -2.30. The van der Waals surface area contributed by atoms with Crippen molar-refractivity contribution in [3.05, 3.63) is 0 Å². The molecule has 0 saturated carbocycles. The van der Waals surface area contributed by atoms with E-state index in [0.717, 1.165) is 0 Å². The largest absolute Gasteiger partial charge is 0.422 e. The van der Waals surface area contributed by atoms with Crippen LogP contribution in [-0.4, -0.2) is 39.9 Å². The van der Waals surface area contributed by atoms with E-state index < -0.39 is 8.74 Å². The Bertz CT molecular complexity index is 120. The van der Waals surface area contributed by atoms with E-state index in [1.165, 1.54) is 24.1 Å². The molecule has 9 heteroatoms. The average molecular weight is 439 g/mol. The van der Waals surface area contributed by atoms with Crippen LogP contribution in [0.15, 0.2) is 0 Å². The molecule has 0 bridgehead atoms. The predicted octanol–water partition coefficient (Wildman–Crippen LogP) is 5.18. The summed E-state index contributed by atoms with van der Waals surface area (Å²) < 4.78 is 0.389. The molecule has 1 nitrogen and oxygen atoms in total. The molecule has 0 N–H and O–H groups in total. The summed E-state index contributed by atoms with van der Waals surface area (Å²) in [7, 11) is 2.29. The molecule has 0 saturated heterocycles. The lowest BCUT2D eigenvalue weighted by Crippen LogP contribution is -2.42. The van der Waals surface area contributed by atoms with Gasteiger partial charge in [-0.05, 0) is 20.8 Å². The molecule has 0 heterocycles. The van der Waals surface area contributed by atoms with Gasteiger partial charge in [-0.3, -0.25) is 0 Å². The van der Waals surface area contributed by atoms with Crippen LogP contribution in [-0.2, 0) is 0 Å². The maximum atomic E-state index is 4.96. The molecule has 0 rings (SSSR count). The van der Waals surface area contributed by atoms with Gasteiger partial charge in [0.1, 0.15) is 0 Å². The molecule has 0 fully saturated rings. The summed E-state index contributed by atoms with van der Waals surface area (Å²) in [5, 5.41) is 0. The molecule has 98 valence electrons. The molecular weight excluding hydrogens is 421 g/mol. The third kappa shape index (κ3) is 29.8. The van der Waals surface area contributed by atoms with Gasteiger partial charge in [0, 0.05) is 0 Å². The molecule has 0 amide bonds. The zero-order chi connectivity index (χ0) is 13.8. The molecule has 0 atom stereocenters. The van der Waals surface area contributed by atoms with E-state index in [1.54, 1.807) is 0 Å². The summed E-state index contributed by atoms with van der Waals surface area (Å²) in [5.74, 6) is 0. The third-order valence-corrected chi connectivity index (χ3v) is 2.29. The second-order valence-corrected chi connectivity index (χ2v) is 9.20. The Kier molecular flexibility index (Phi) is 22.2. The number of hydrogen-bond donors (Lipinski definition) is 0. The Morgan fingerprint density at radius 1 is 0.812 bits per heavy atom. The molecule has 0 aromatic carbocycles. The van der Waals surface area contributed by atoms with Crippen molar-refractivity contribution in [2.45, 2.75) is 20.8 Å². The lowest BCUT2D eigenvalue weighted by atomic mass is 10.4. The molecule has 0 unspecified atom stereocenters. The third-order valence-electron chi connectivity index (χ3n) is 2.29. The maximum Gasteiger partial charge on any atom is 0.422 e. The van der Waals surface area contributed by atoms with Crippen LogP contribution in [0.25, 0.3) is 0 Å². The van der Waals surface area contributed by atoms with Gasteiger partial charge >= 0.3 is 8.74 Å². The van der Waals surface area contributed by atoms with Crippen LogP contribution in [0.4, 0.5) is 0 Å². The zero-order valence-corrected chi connectivity index (χ0v) is 16.2. The number of halogens is 6. The highest BCUT2D eigenvalue weighted by atomic mass is 79.9. The van der Waals surface area contributed by atoms with Crippen molar-refractivity contribution < 1.29 is 4.48 Å². The molecule has 0 aromatic rings. The van der Waals surface area contributed by atoms with E-state index in [9.17, 15) is 0 Å². The highest BCUT2D eigenvalue weighted by Gasteiger charge is 2.10. The topological polar surface area (TPSA) is 0 Å². The highest BCUT2D eigenvalue weighted by molar-refractivity contribution is 9.27. The van der Waals surface area contributed by atoms with E-state index in [1.807, 2.05) is 0 Å². The van der Waals surface area contributed by atoms with E-state index >= 15 is 0 Å². The first-order chi connectivity index (χ1) is 7.15. The second-order valence-electron chi connectivity index (χ2n) is 3.06. The van der Waals surface area contributed by atoms with Gasteiger partial charge in [-0.2, -0.15) is 45.8 Å². The van der Waals surface area contributed by atoms with Crippen molar-refractivity contribution in [2.24, 2.45) is 0 Å². The van der Waals surface area contributed by atoms with Gasteiger partial charge < -0.3 is 4.48 Å². The van der Waals surface area contributed by atoms with Crippen LogP contribution < -0.4 is 0 Å². The molecular formula is C7H18B2Br2Cl4N+. The quantitative estimate of drug-likeness (QED) is 0.420. The summed E-state index contributed by atoms with van der Waals surface area (Å²) in [4.78, 5) is 0. The van der Waals surface area contributed by atoms with Gasteiger partial charge in [-0.1, -0.05) is 0 Å². The normalized spacial score (nSPS) is 9.38. The Morgan fingerprint density at radius 3 is 0.938 bits per heavy atom. The van der Waals surface area contributed by atoms with Crippen LogP contribution in [0.3, 0.4) is 0 Å². The predicted molar refractivity (Wildman–Crippen MR) is 90.6 cm³/mol. The van der Waals surface area contributed by atoms with Crippen molar-refractivity contribution in [3.8, 4) is 0 Å². The molecule has 16 heavy (non-hydrogen) atoms. The number of quaternary nitrogens is 1. The Hall–Kier alpha value is 2.21. The van der Waals surface area contributed by atoms with Gasteiger partial charge in [0.2, 0.25) is 0 Å². The minimum atomic E-state index is -0.410. The van der Waals surface area contributed by atoms with Gasteiger partial charge in [-0.25, -0.2) is 0 Å². The van der Waals surface area contributed by atoms with Crippen LogP contribution in [0.5, 0.6) is 0 Å². The van der Waals surface area contributed by atoms with Crippen molar-refractivity contribution in [2.75, 3.05) is 26.7 Å². The smallest absolute Gasteiger partial charge is 0.327 e.